The second-order valence-electron chi connectivity index (χ2n) is 4.71. The van der Waals surface area contributed by atoms with Crippen molar-refractivity contribution in [2.24, 2.45) is 0 Å². The average Bonchev–Trinajstić information content (AvgIpc) is 3.15. The van der Waals surface area contributed by atoms with Gasteiger partial charge in [0, 0.05) is 12.6 Å². The maximum absolute atomic E-state index is 4.49. The third-order valence-electron chi connectivity index (χ3n) is 3.23. The van der Waals surface area contributed by atoms with Gasteiger partial charge in [-0.25, -0.2) is 0 Å². The Morgan fingerprint density at radius 3 is 2.81 bits per heavy atom. The minimum absolute atomic E-state index is 0.271. The van der Waals surface area contributed by atoms with E-state index in [9.17, 15) is 0 Å². The van der Waals surface area contributed by atoms with Crippen LogP contribution >= 0.6 is 27.3 Å². The van der Waals surface area contributed by atoms with Crippen molar-refractivity contribution in [3.05, 3.63) is 63.0 Å². The summed E-state index contributed by atoms with van der Waals surface area (Å²) in [6, 6.07) is 12.3. The Bertz CT molecular complexity index is 707. The van der Waals surface area contributed by atoms with Gasteiger partial charge < -0.3 is 5.32 Å². The first-order chi connectivity index (χ1) is 10.2. The molecule has 2 aromatic heterocycles. The molecule has 1 N–H and O–H groups in total. The van der Waals surface area contributed by atoms with Gasteiger partial charge in [-0.05, 0) is 52.0 Å². The van der Waals surface area contributed by atoms with E-state index >= 15 is 0 Å². The fraction of sp³-hybridized carbons (Fsp3) is 0.200. The average molecular weight is 363 g/mol. The van der Waals surface area contributed by atoms with Crippen LogP contribution in [-0.4, -0.2) is 15.0 Å². The van der Waals surface area contributed by atoms with Crippen LogP contribution in [-0.2, 0) is 6.54 Å². The molecule has 6 heteroatoms. The van der Waals surface area contributed by atoms with Crippen LogP contribution in [0.25, 0.3) is 5.69 Å². The number of hydrogen-bond acceptors (Lipinski definition) is 4. The van der Waals surface area contributed by atoms with Gasteiger partial charge in [-0.1, -0.05) is 18.2 Å². The van der Waals surface area contributed by atoms with Crippen molar-refractivity contribution in [2.45, 2.75) is 19.5 Å². The van der Waals surface area contributed by atoms with E-state index in [2.05, 4.69) is 49.8 Å². The smallest absolute Gasteiger partial charge is 0.0969 e. The second kappa shape index (κ2) is 6.51. The summed E-state index contributed by atoms with van der Waals surface area (Å²) in [4.78, 5) is 1.65. The van der Waals surface area contributed by atoms with Gasteiger partial charge in [-0.3, -0.25) is 0 Å². The number of halogens is 1. The molecule has 108 valence electrons. The molecule has 0 amide bonds. The van der Waals surface area contributed by atoms with Crippen LogP contribution < -0.4 is 5.32 Å². The molecule has 0 spiro atoms. The van der Waals surface area contributed by atoms with Crippen molar-refractivity contribution < 1.29 is 0 Å². The van der Waals surface area contributed by atoms with Gasteiger partial charge >= 0.3 is 0 Å². The third-order valence-corrected chi connectivity index (χ3v) is 4.96. The molecule has 3 aromatic rings. The van der Waals surface area contributed by atoms with E-state index in [1.165, 1.54) is 9.35 Å². The lowest BCUT2D eigenvalue weighted by molar-refractivity contribution is 0.564. The summed E-state index contributed by atoms with van der Waals surface area (Å²) in [6.07, 6.45) is 1.80. The molecule has 0 fully saturated rings. The van der Waals surface area contributed by atoms with Crippen LogP contribution in [0.3, 0.4) is 0 Å². The lowest BCUT2D eigenvalue weighted by atomic mass is 10.2. The summed E-state index contributed by atoms with van der Waals surface area (Å²) in [5.74, 6) is 0. The molecule has 0 radical (unpaired) electrons. The molecule has 4 nitrogen and oxygen atoms in total. The maximum atomic E-state index is 4.49. The molecule has 3 rings (SSSR count). The molecule has 0 saturated carbocycles. The summed E-state index contributed by atoms with van der Waals surface area (Å²) in [7, 11) is 0. The second-order valence-corrected chi connectivity index (χ2v) is 6.95. The van der Waals surface area contributed by atoms with E-state index < -0.39 is 0 Å². The van der Waals surface area contributed by atoms with Crippen LogP contribution in [0.4, 0.5) is 0 Å². The number of hydrogen-bond donors (Lipinski definition) is 1. The number of nitrogens with one attached hydrogen (secondary N) is 1. The van der Waals surface area contributed by atoms with Crippen molar-refractivity contribution in [3.63, 3.8) is 0 Å². The van der Waals surface area contributed by atoms with E-state index in [4.69, 9.17) is 0 Å². The standard InChI is InChI=1S/C15H15BrN4S/c1-11(14-7-8-21-15(14)16)17-9-12-10-18-20(19-12)13-5-3-2-4-6-13/h2-8,10-11,17H,9H2,1H3. The highest BCUT2D eigenvalue weighted by atomic mass is 79.9. The Morgan fingerprint density at radius 2 is 2.10 bits per heavy atom. The molecule has 1 atom stereocenters. The highest BCUT2D eigenvalue weighted by Gasteiger charge is 2.11. The van der Waals surface area contributed by atoms with Crippen LogP contribution in [0.2, 0.25) is 0 Å². The molecule has 1 unspecified atom stereocenters. The lowest BCUT2D eigenvalue weighted by Crippen LogP contribution is -2.18. The minimum Gasteiger partial charge on any atom is -0.304 e. The van der Waals surface area contributed by atoms with E-state index in [1.807, 2.05) is 30.3 Å². The third kappa shape index (κ3) is 3.40. The zero-order valence-corrected chi connectivity index (χ0v) is 13.9. The van der Waals surface area contributed by atoms with E-state index in [0.29, 0.717) is 6.54 Å². The van der Waals surface area contributed by atoms with Gasteiger partial charge in [0.15, 0.2) is 0 Å². The van der Waals surface area contributed by atoms with Crippen LogP contribution in [0.15, 0.2) is 51.8 Å². The normalized spacial score (nSPS) is 12.5. The first-order valence-electron chi connectivity index (χ1n) is 6.67. The van der Waals surface area contributed by atoms with Gasteiger partial charge in [0.25, 0.3) is 0 Å². The summed E-state index contributed by atoms with van der Waals surface area (Å²) in [5.41, 5.74) is 3.17. The number of rotatable bonds is 5. The number of thiophene rings is 1. The zero-order valence-electron chi connectivity index (χ0n) is 11.5. The maximum Gasteiger partial charge on any atom is 0.0969 e. The molecule has 0 aliphatic rings. The first kappa shape index (κ1) is 14.4. The molecule has 1 aromatic carbocycles. The van der Waals surface area contributed by atoms with Gasteiger partial charge in [0.2, 0.25) is 0 Å². The first-order valence-corrected chi connectivity index (χ1v) is 8.34. The number of nitrogens with zero attached hydrogens (tertiary/aromatic N) is 3. The molecule has 0 bridgehead atoms. The largest absolute Gasteiger partial charge is 0.304 e. The van der Waals surface area contributed by atoms with Crippen molar-refractivity contribution >= 4 is 27.3 Å². The van der Waals surface area contributed by atoms with Gasteiger partial charge in [-0.2, -0.15) is 15.0 Å². The fourth-order valence-corrected chi connectivity index (χ4v) is 3.56. The fourth-order valence-electron chi connectivity index (χ4n) is 2.04. The Balaban J connectivity index is 1.64. The zero-order chi connectivity index (χ0) is 14.7. The van der Waals surface area contributed by atoms with E-state index in [1.54, 1.807) is 22.3 Å². The summed E-state index contributed by atoms with van der Waals surface area (Å²) >= 11 is 5.27. The minimum atomic E-state index is 0.271. The van der Waals surface area contributed by atoms with E-state index in [-0.39, 0.29) is 6.04 Å². The quantitative estimate of drug-likeness (QED) is 0.747. The van der Waals surface area contributed by atoms with Crippen molar-refractivity contribution in [1.82, 2.24) is 20.3 Å². The topological polar surface area (TPSA) is 42.7 Å². The summed E-state index contributed by atoms with van der Waals surface area (Å²) < 4.78 is 1.18. The molecule has 0 aliphatic heterocycles. The summed E-state index contributed by atoms with van der Waals surface area (Å²) in [5, 5.41) is 14.3. The van der Waals surface area contributed by atoms with Gasteiger partial charge in [0.1, 0.15) is 0 Å². The van der Waals surface area contributed by atoms with Gasteiger partial charge in [-0.15, -0.1) is 11.3 Å². The Hall–Kier alpha value is -1.50. The summed E-state index contributed by atoms with van der Waals surface area (Å²) in [6.45, 7) is 2.84. The molecule has 2 heterocycles. The predicted molar refractivity (Wildman–Crippen MR) is 88.6 cm³/mol. The highest BCUT2D eigenvalue weighted by Crippen LogP contribution is 2.28. The highest BCUT2D eigenvalue weighted by molar-refractivity contribution is 9.11. The molecule has 0 saturated heterocycles. The molecule has 21 heavy (non-hydrogen) atoms. The Labute approximate surface area is 135 Å². The van der Waals surface area contributed by atoms with Crippen LogP contribution in [0, 0.1) is 0 Å². The van der Waals surface area contributed by atoms with Crippen molar-refractivity contribution in [1.29, 1.82) is 0 Å². The molecular formula is C15H15BrN4S. The van der Waals surface area contributed by atoms with Crippen molar-refractivity contribution in [3.8, 4) is 5.69 Å². The van der Waals surface area contributed by atoms with Gasteiger partial charge in [0.05, 0.1) is 21.4 Å². The lowest BCUT2D eigenvalue weighted by Gasteiger charge is -2.11. The SMILES string of the molecule is CC(NCc1cnn(-c2ccccc2)n1)c1ccsc1Br. The number of aromatic nitrogens is 3. The molecular weight excluding hydrogens is 348 g/mol. The Kier molecular flexibility index (Phi) is 4.48. The predicted octanol–water partition coefficient (Wildman–Crippen LogP) is 3.94. The van der Waals surface area contributed by atoms with Crippen LogP contribution in [0.5, 0.6) is 0 Å². The monoisotopic (exact) mass is 362 g/mol. The number of benzene rings is 1. The van der Waals surface area contributed by atoms with E-state index in [0.717, 1.165) is 11.4 Å². The number of para-hydroxylation sites is 1. The van der Waals surface area contributed by atoms with Crippen LogP contribution in [0.1, 0.15) is 24.2 Å². The Morgan fingerprint density at radius 1 is 1.29 bits per heavy atom. The van der Waals surface area contributed by atoms with Crippen molar-refractivity contribution in [2.75, 3.05) is 0 Å². The molecule has 0 aliphatic carbocycles.